The Hall–Kier alpha value is -2.20. The zero-order valence-corrected chi connectivity index (χ0v) is 16.2. The Balaban J connectivity index is 1.27. The second-order valence-corrected chi connectivity index (χ2v) is 8.36. The van der Waals surface area contributed by atoms with Crippen molar-refractivity contribution in [1.29, 1.82) is 5.26 Å². The lowest BCUT2D eigenvalue weighted by Crippen LogP contribution is -2.48. The molecule has 4 rings (SSSR count). The molecule has 1 fully saturated rings. The number of carbonyl (C=O) groups excluding carboxylic acids is 1. The first-order valence-electron chi connectivity index (χ1n) is 9.56. The van der Waals surface area contributed by atoms with Crippen LogP contribution in [0.5, 0.6) is 0 Å². The van der Waals surface area contributed by atoms with Crippen LogP contribution in [0.3, 0.4) is 0 Å². The quantitative estimate of drug-likeness (QED) is 0.867. The van der Waals surface area contributed by atoms with Crippen molar-refractivity contribution in [3.63, 3.8) is 0 Å². The SMILES string of the molecule is N#Cc1c(NC(=O)CN2CCN(Cc3ccccc3)CC2)sc2c1CCC2. The fourth-order valence-corrected chi connectivity index (χ4v) is 5.18. The molecule has 0 saturated carbocycles. The second-order valence-electron chi connectivity index (χ2n) is 7.26. The van der Waals surface area contributed by atoms with Crippen molar-refractivity contribution in [3.8, 4) is 6.07 Å². The molecule has 5 nitrogen and oxygen atoms in total. The zero-order chi connectivity index (χ0) is 18.6. The van der Waals surface area contributed by atoms with Gasteiger partial charge in [-0.3, -0.25) is 14.6 Å². The van der Waals surface area contributed by atoms with Gasteiger partial charge in [-0.25, -0.2) is 0 Å². The molecule has 1 saturated heterocycles. The second kappa shape index (κ2) is 8.22. The molecule has 2 heterocycles. The summed E-state index contributed by atoms with van der Waals surface area (Å²) >= 11 is 1.58. The number of nitriles is 1. The minimum atomic E-state index is -0.0112. The van der Waals surface area contributed by atoms with Crippen LogP contribution in [0.25, 0.3) is 0 Å². The normalized spacial score (nSPS) is 17.4. The third-order valence-corrected chi connectivity index (χ3v) is 6.57. The summed E-state index contributed by atoms with van der Waals surface area (Å²) in [5, 5.41) is 13.2. The van der Waals surface area contributed by atoms with E-state index >= 15 is 0 Å². The number of rotatable bonds is 5. The van der Waals surface area contributed by atoms with Crippen molar-refractivity contribution < 1.29 is 4.79 Å². The molecule has 1 aromatic carbocycles. The van der Waals surface area contributed by atoms with Gasteiger partial charge in [0.05, 0.1) is 12.1 Å². The topological polar surface area (TPSA) is 59.4 Å². The van der Waals surface area contributed by atoms with Crippen molar-refractivity contribution in [3.05, 3.63) is 51.9 Å². The van der Waals surface area contributed by atoms with Crippen LogP contribution in [0, 0.1) is 11.3 Å². The molecular formula is C21H24N4OS. The molecule has 0 spiro atoms. The van der Waals surface area contributed by atoms with Gasteiger partial charge in [-0.05, 0) is 30.4 Å². The van der Waals surface area contributed by atoms with Crippen LogP contribution in [0.15, 0.2) is 30.3 Å². The van der Waals surface area contributed by atoms with E-state index in [1.807, 2.05) is 6.07 Å². The molecule has 0 unspecified atom stereocenters. The molecule has 27 heavy (non-hydrogen) atoms. The highest BCUT2D eigenvalue weighted by Gasteiger charge is 2.24. The number of nitrogens with one attached hydrogen (secondary N) is 1. The number of hydrogen-bond donors (Lipinski definition) is 1. The van der Waals surface area contributed by atoms with Gasteiger partial charge in [0.1, 0.15) is 11.1 Å². The van der Waals surface area contributed by atoms with Crippen LogP contribution in [0.1, 0.15) is 28.0 Å². The summed E-state index contributed by atoms with van der Waals surface area (Å²) in [6.07, 6.45) is 3.12. The summed E-state index contributed by atoms with van der Waals surface area (Å²) in [5.74, 6) is -0.0112. The minimum Gasteiger partial charge on any atom is -0.315 e. The van der Waals surface area contributed by atoms with Crippen LogP contribution >= 0.6 is 11.3 Å². The number of aryl methyl sites for hydroxylation is 1. The first kappa shape index (κ1) is 18.2. The molecule has 2 aromatic rings. The third-order valence-electron chi connectivity index (χ3n) is 5.37. The summed E-state index contributed by atoms with van der Waals surface area (Å²) < 4.78 is 0. The number of benzene rings is 1. The summed E-state index contributed by atoms with van der Waals surface area (Å²) in [6, 6.07) is 12.8. The van der Waals surface area contributed by atoms with Crippen molar-refractivity contribution >= 4 is 22.2 Å². The van der Waals surface area contributed by atoms with Gasteiger partial charge in [0.2, 0.25) is 5.91 Å². The van der Waals surface area contributed by atoms with Crippen LogP contribution in [0.4, 0.5) is 5.00 Å². The van der Waals surface area contributed by atoms with E-state index in [2.05, 4.69) is 45.5 Å². The molecule has 6 heteroatoms. The van der Waals surface area contributed by atoms with Gasteiger partial charge in [0.25, 0.3) is 0 Å². The molecule has 1 aromatic heterocycles. The average Bonchev–Trinajstić information content (AvgIpc) is 3.25. The number of carbonyl (C=O) groups is 1. The Bertz CT molecular complexity index is 847. The zero-order valence-electron chi connectivity index (χ0n) is 15.4. The molecule has 1 N–H and O–H groups in total. The Kier molecular flexibility index (Phi) is 5.53. The van der Waals surface area contributed by atoms with E-state index in [4.69, 9.17) is 0 Å². The van der Waals surface area contributed by atoms with Crippen molar-refractivity contribution in [2.45, 2.75) is 25.8 Å². The highest BCUT2D eigenvalue weighted by molar-refractivity contribution is 7.16. The lowest BCUT2D eigenvalue weighted by molar-refractivity contribution is -0.117. The van der Waals surface area contributed by atoms with E-state index in [0.29, 0.717) is 12.1 Å². The Labute approximate surface area is 164 Å². The number of anilines is 1. The summed E-state index contributed by atoms with van der Waals surface area (Å²) in [7, 11) is 0. The Morgan fingerprint density at radius 3 is 2.59 bits per heavy atom. The fraction of sp³-hybridized carbons (Fsp3) is 0.429. The molecule has 1 amide bonds. The van der Waals surface area contributed by atoms with Gasteiger partial charge in [0, 0.05) is 37.6 Å². The predicted octanol–water partition coefficient (Wildman–Crippen LogP) is 2.86. The third kappa shape index (κ3) is 4.22. The van der Waals surface area contributed by atoms with Crippen LogP contribution in [-0.4, -0.2) is 48.4 Å². The largest absolute Gasteiger partial charge is 0.315 e. The standard InChI is InChI=1S/C21H24N4OS/c22-13-18-17-7-4-8-19(17)27-21(18)23-20(26)15-25-11-9-24(10-12-25)14-16-5-2-1-3-6-16/h1-3,5-6H,4,7-12,14-15H2,(H,23,26). The van der Waals surface area contributed by atoms with E-state index in [-0.39, 0.29) is 5.91 Å². The molecular weight excluding hydrogens is 356 g/mol. The number of thiophene rings is 1. The van der Waals surface area contributed by atoms with Gasteiger partial charge < -0.3 is 5.32 Å². The van der Waals surface area contributed by atoms with Crippen molar-refractivity contribution in [1.82, 2.24) is 9.80 Å². The van der Waals surface area contributed by atoms with E-state index < -0.39 is 0 Å². The van der Waals surface area contributed by atoms with Gasteiger partial charge in [-0.2, -0.15) is 5.26 Å². The smallest absolute Gasteiger partial charge is 0.239 e. The number of piperazine rings is 1. The average molecular weight is 381 g/mol. The minimum absolute atomic E-state index is 0.0112. The van der Waals surface area contributed by atoms with Gasteiger partial charge in [0.15, 0.2) is 0 Å². The van der Waals surface area contributed by atoms with Gasteiger partial charge in [-0.15, -0.1) is 11.3 Å². The Morgan fingerprint density at radius 1 is 1.11 bits per heavy atom. The van der Waals surface area contributed by atoms with E-state index in [0.717, 1.165) is 62.6 Å². The molecule has 0 bridgehead atoms. The Morgan fingerprint density at radius 2 is 1.85 bits per heavy atom. The van der Waals surface area contributed by atoms with E-state index in [1.165, 1.54) is 10.4 Å². The maximum Gasteiger partial charge on any atom is 0.239 e. The molecule has 0 radical (unpaired) electrons. The van der Waals surface area contributed by atoms with Crippen LogP contribution in [-0.2, 0) is 24.2 Å². The van der Waals surface area contributed by atoms with Crippen LogP contribution in [0.2, 0.25) is 0 Å². The summed E-state index contributed by atoms with van der Waals surface area (Å²) in [6.45, 7) is 5.09. The lowest BCUT2D eigenvalue weighted by atomic mass is 10.1. The molecule has 140 valence electrons. The monoisotopic (exact) mass is 380 g/mol. The number of hydrogen-bond acceptors (Lipinski definition) is 5. The maximum absolute atomic E-state index is 12.5. The summed E-state index contributed by atoms with van der Waals surface area (Å²) in [4.78, 5) is 18.4. The molecule has 1 aliphatic heterocycles. The van der Waals surface area contributed by atoms with Gasteiger partial charge in [-0.1, -0.05) is 30.3 Å². The highest BCUT2D eigenvalue weighted by Crippen LogP contribution is 2.38. The molecule has 1 aliphatic carbocycles. The first-order valence-corrected chi connectivity index (χ1v) is 10.4. The lowest BCUT2D eigenvalue weighted by Gasteiger charge is -2.34. The van der Waals surface area contributed by atoms with Crippen molar-refractivity contribution in [2.24, 2.45) is 0 Å². The number of fused-ring (bicyclic) bond motifs is 1. The van der Waals surface area contributed by atoms with Crippen LogP contribution < -0.4 is 5.32 Å². The summed E-state index contributed by atoms with van der Waals surface area (Å²) in [5.41, 5.74) is 3.18. The fourth-order valence-electron chi connectivity index (χ4n) is 3.93. The number of nitrogens with zero attached hydrogens (tertiary/aromatic N) is 3. The highest BCUT2D eigenvalue weighted by atomic mass is 32.1. The maximum atomic E-state index is 12.5. The van der Waals surface area contributed by atoms with E-state index in [9.17, 15) is 10.1 Å². The molecule has 0 atom stereocenters. The van der Waals surface area contributed by atoms with Crippen molar-refractivity contribution in [2.75, 3.05) is 38.0 Å². The molecule has 2 aliphatic rings. The first-order chi connectivity index (χ1) is 13.2. The van der Waals surface area contributed by atoms with E-state index in [1.54, 1.807) is 11.3 Å². The van der Waals surface area contributed by atoms with Gasteiger partial charge >= 0.3 is 0 Å². The predicted molar refractivity (Wildman–Crippen MR) is 108 cm³/mol. The number of amides is 1.